The van der Waals surface area contributed by atoms with E-state index in [-0.39, 0.29) is 18.6 Å². The summed E-state index contributed by atoms with van der Waals surface area (Å²) < 4.78 is 54.4. The molecule has 3 aromatic carbocycles. The predicted octanol–water partition coefficient (Wildman–Crippen LogP) is 6.29. The smallest absolute Gasteiger partial charge is 0.454 e. The number of hydrogen-bond acceptors (Lipinski definition) is 6. The van der Waals surface area contributed by atoms with E-state index >= 15 is 0 Å². The zero-order valence-corrected chi connectivity index (χ0v) is 21.2. The summed E-state index contributed by atoms with van der Waals surface area (Å²) in [6.07, 6.45) is -4.16. The van der Waals surface area contributed by atoms with Crippen LogP contribution >= 0.6 is 11.3 Å². The van der Waals surface area contributed by atoms with Crippen molar-refractivity contribution in [1.82, 2.24) is 9.88 Å². The van der Waals surface area contributed by atoms with Gasteiger partial charge in [-0.15, -0.1) is 24.5 Å². The molecule has 0 saturated carbocycles. The molecule has 1 aliphatic rings. The molecule has 2 heterocycles. The summed E-state index contributed by atoms with van der Waals surface area (Å²) in [5, 5.41) is 7.58. The van der Waals surface area contributed by atoms with E-state index in [1.807, 2.05) is 46.3 Å². The van der Waals surface area contributed by atoms with E-state index in [0.29, 0.717) is 47.2 Å². The molecule has 0 radical (unpaired) electrons. The zero-order valence-electron chi connectivity index (χ0n) is 20.4. The van der Waals surface area contributed by atoms with Gasteiger partial charge in [-0.1, -0.05) is 18.2 Å². The summed E-state index contributed by atoms with van der Waals surface area (Å²) in [7, 11) is 0. The second-order valence-electron chi connectivity index (χ2n) is 8.38. The monoisotopic (exact) mass is 556 g/mol. The molecule has 2 N–H and O–H groups in total. The van der Waals surface area contributed by atoms with E-state index in [1.54, 1.807) is 12.1 Å². The number of fused-ring (bicyclic) bond motifs is 1. The number of aromatic nitrogens is 1. The number of carbonyl (C=O) groups excluding carboxylic acids is 1. The lowest BCUT2D eigenvalue weighted by Crippen LogP contribution is -2.30. The standard InChI is InChI=1S/C27H23F3N4O4S/c28-27(29,30)38-21-10-8-20(9-11-21)33-26-34(14-4-13-31-25(35)32-19-5-2-1-3-6-19)22(16-39-26)18-7-12-23-24(15-18)37-17-36-23/h1-3,5-12,15-16H,4,13-14,17H2,(H2,31,32,35)/b33-26-. The van der Waals surface area contributed by atoms with Gasteiger partial charge in [0.15, 0.2) is 16.3 Å². The van der Waals surface area contributed by atoms with Crippen LogP contribution in [0.1, 0.15) is 6.42 Å². The minimum atomic E-state index is -4.76. The van der Waals surface area contributed by atoms with Crippen molar-refractivity contribution in [3.05, 3.63) is 83.0 Å². The Morgan fingerprint density at radius 1 is 1.03 bits per heavy atom. The van der Waals surface area contributed by atoms with Crippen molar-refractivity contribution in [3.63, 3.8) is 0 Å². The second-order valence-corrected chi connectivity index (χ2v) is 9.21. The van der Waals surface area contributed by atoms with Crippen LogP contribution in [0.2, 0.25) is 0 Å². The van der Waals surface area contributed by atoms with Crippen LogP contribution in [0.25, 0.3) is 11.3 Å². The van der Waals surface area contributed by atoms with Gasteiger partial charge in [0.2, 0.25) is 6.79 Å². The van der Waals surface area contributed by atoms with Crippen LogP contribution in [0, 0.1) is 0 Å². The average molecular weight is 557 g/mol. The maximum Gasteiger partial charge on any atom is 0.573 e. The topological polar surface area (TPSA) is 86.1 Å². The Morgan fingerprint density at radius 3 is 2.56 bits per heavy atom. The first-order valence-electron chi connectivity index (χ1n) is 11.9. The normalized spacial score (nSPS) is 12.8. The molecule has 0 fully saturated rings. The highest BCUT2D eigenvalue weighted by Crippen LogP contribution is 2.36. The molecule has 4 aromatic rings. The molecule has 0 spiro atoms. The third kappa shape index (κ3) is 6.90. The molecule has 1 aromatic heterocycles. The Hall–Kier alpha value is -4.45. The van der Waals surface area contributed by atoms with E-state index < -0.39 is 6.36 Å². The fourth-order valence-corrected chi connectivity index (χ4v) is 4.85. The summed E-state index contributed by atoms with van der Waals surface area (Å²) in [6, 6.07) is 19.8. The Labute approximate surface area is 225 Å². The van der Waals surface area contributed by atoms with Crippen molar-refractivity contribution < 1.29 is 32.2 Å². The third-order valence-electron chi connectivity index (χ3n) is 5.64. The summed E-state index contributed by atoms with van der Waals surface area (Å²) in [6.45, 7) is 1.09. The second kappa shape index (κ2) is 11.5. The highest BCUT2D eigenvalue weighted by atomic mass is 32.1. The molecule has 1 aliphatic heterocycles. The van der Waals surface area contributed by atoms with Crippen LogP contribution in [0.15, 0.2) is 83.2 Å². The van der Waals surface area contributed by atoms with Crippen molar-refractivity contribution in [2.24, 2.45) is 4.99 Å². The number of ether oxygens (including phenoxy) is 3. The molecule has 2 amide bonds. The summed E-state index contributed by atoms with van der Waals surface area (Å²) in [5.41, 5.74) is 2.93. The van der Waals surface area contributed by atoms with Crippen LogP contribution < -0.4 is 29.6 Å². The quantitative estimate of drug-likeness (QED) is 0.250. The molecule has 8 nitrogen and oxygen atoms in total. The molecular weight excluding hydrogens is 533 g/mol. The van der Waals surface area contributed by atoms with E-state index in [0.717, 1.165) is 11.3 Å². The number of nitrogens with one attached hydrogen (secondary N) is 2. The number of para-hydroxylation sites is 1. The molecule has 0 unspecified atom stereocenters. The van der Waals surface area contributed by atoms with Gasteiger partial charge in [0.05, 0.1) is 11.4 Å². The Morgan fingerprint density at radius 2 is 1.79 bits per heavy atom. The molecule has 12 heteroatoms. The van der Waals surface area contributed by atoms with Gasteiger partial charge in [0, 0.05) is 29.7 Å². The SMILES string of the molecule is O=C(NCCCn1c(-c2ccc3c(c2)OCO3)cs/c1=N\c1ccc(OC(F)(F)F)cc1)Nc1ccccc1. The van der Waals surface area contributed by atoms with E-state index in [9.17, 15) is 18.0 Å². The first kappa shape index (κ1) is 26.2. The first-order chi connectivity index (χ1) is 18.8. The highest BCUT2D eigenvalue weighted by molar-refractivity contribution is 7.07. The summed E-state index contributed by atoms with van der Waals surface area (Å²) >= 11 is 1.39. The number of rotatable bonds is 8. The molecule has 0 aliphatic carbocycles. The lowest BCUT2D eigenvalue weighted by atomic mass is 10.1. The number of urea groups is 1. The average Bonchev–Trinajstić information content (AvgIpc) is 3.54. The van der Waals surface area contributed by atoms with Crippen LogP contribution in [0.4, 0.5) is 29.3 Å². The Kier molecular flexibility index (Phi) is 7.73. The van der Waals surface area contributed by atoms with Crippen LogP contribution in [0.3, 0.4) is 0 Å². The maximum absolute atomic E-state index is 12.5. The molecule has 5 rings (SSSR count). The Bertz CT molecular complexity index is 1500. The van der Waals surface area contributed by atoms with Gasteiger partial charge in [-0.2, -0.15) is 0 Å². The number of anilines is 1. The number of nitrogens with zero attached hydrogens (tertiary/aromatic N) is 2. The van der Waals surface area contributed by atoms with Crippen LogP contribution in [-0.4, -0.2) is 30.3 Å². The van der Waals surface area contributed by atoms with E-state index in [4.69, 9.17) is 9.47 Å². The molecule has 0 atom stereocenters. The maximum atomic E-state index is 12.5. The minimum Gasteiger partial charge on any atom is -0.454 e. The number of halogens is 3. The predicted molar refractivity (Wildman–Crippen MR) is 140 cm³/mol. The number of alkyl halides is 3. The minimum absolute atomic E-state index is 0.160. The Balaban J connectivity index is 1.34. The number of hydrogen-bond donors (Lipinski definition) is 2. The van der Waals surface area contributed by atoms with Crippen molar-refractivity contribution in [2.75, 3.05) is 18.7 Å². The molecule has 0 bridgehead atoms. The number of thiazole rings is 1. The van der Waals surface area contributed by atoms with Crippen molar-refractivity contribution in [1.29, 1.82) is 0 Å². The van der Waals surface area contributed by atoms with Gasteiger partial charge in [0.1, 0.15) is 5.75 Å². The largest absolute Gasteiger partial charge is 0.573 e. The number of benzene rings is 3. The number of amides is 2. The summed E-state index contributed by atoms with van der Waals surface area (Å²) in [4.78, 5) is 17.5. The molecular formula is C27H23F3N4O4S. The van der Waals surface area contributed by atoms with Gasteiger partial charge >= 0.3 is 12.4 Å². The van der Waals surface area contributed by atoms with Crippen LogP contribution in [0.5, 0.6) is 17.2 Å². The lowest BCUT2D eigenvalue weighted by Gasteiger charge is -2.11. The third-order valence-corrected chi connectivity index (χ3v) is 6.50. The zero-order chi connectivity index (χ0) is 27.2. The fraction of sp³-hybridized carbons (Fsp3) is 0.185. The first-order valence-corrected chi connectivity index (χ1v) is 12.8. The number of carbonyl (C=O) groups is 1. The van der Waals surface area contributed by atoms with E-state index in [1.165, 1.54) is 35.6 Å². The fourth-order valence-electron chi connectivity index (χ4n) is 3.89. The molecule has 0 saturated heterocycles. The lowest BCUT2D eigenvalue weighted by molar-refractivity contribution is -0.274. The van der Waals surface area contributed by atoms with Gasteiger partial charge in [-0.25, -0.2) is 9.79 Å². The summed E-state index contributed by atoms with van der Waals surface area (Å²) in [5.74, 6) is 0.991. The van der Waals surface area contributed by atoms with Crippen molar-refractivity contribution in [2.45, 2.75) is 19.3 Å². The van der Waals surface area contributed by atoms with Gasteiger partial charge in [-0.3, -0.25) is 0 Å². The molecule has 202 valence electrons. The van der Waals surface area contributed by atoms with Crippen molar-refractivity contribution >= 4 is 28.7 Å². The highest BCUT2D eigenvalue weighted by Gasteiger charge is 2.31. The van der Waals surface area contributed by atoms with Gasteiger partial charge < -0.3 is 29.4 Å². The van der Waals surface area contributed by atoms with E-state index in [2.05, 4.69) is 20.4 Å². The van der Waals surface area contributed by atoms with Crippen molar-refractivity contribution in [3.8, 4) is 28.5 Å². The van der Waals surface area contributed by atoms with Crippen LogP contribution in [-0.2, 0) is 6.54 Å². The molecule has 39 heavy (non-hydrogen) atoms. The van der Waals surface area contributed by atoms with Gasteiger partial charge in [-0.05, 0) is 61.0 Å². The van der Waals surface area contributed by atoms with Gasteiger partial charge in [0.25, 0.3) is 0 Å².